The van der Waals surface area contributed by atoms with E-state index in [9.17, 15) is 5.11 Å². The fourth-order valence-electron chi connectivity index (χ4n) is 1.71. The van der Waals surface area contributed by atoms with E-state index < -0.39 is 6.10 Å². The first-order valence-corrected chi connectivity index (χ1v) is 6.41. The largest absolute Gasteiger partial charge is 0.380 e. The highest BCUT2D eigenvalue weighted by molar-refractivity contribution is 5.01. The van der Waals surface area contributed by atoms with Gasteiger partial charge in [-0.15, -0.1) is 5.92 Å². The van der Waals surface area contributed by atoms with Gasteiger partial charge in [0.1, 0.15) is 6.10 Å². The maximum Gasteiger partial charge on any atom is 0.114 e. The van der Waals surface area contributed by atoms with E-state index in [2.05, 4.69) is 18.8 Å². The summed E-state index contributed by atoms with van der Waals surface area (Å²) in [7, 11) is 0. The lowest BCUT2D eigenvalue weighted by Crippen LogP contribution is -2.01. The predicted molar refractivity (Wildman–Crippen MR) is 66.7 cm³/mol. The van der Waals surface area contributed by atoms with Gasteiger partial charge in [-0.1, -0.05) is 57.8 Å². The molecular formula is C14H26O. The van der Waals surface area contributed by atoms with Crippen LogP contribution in [0.2, 0.25) is 0 Å². The molecule has 0 aliphatic heterocycles. The van der Waals surface area contributed by atoms with Crippen LogP contribution in [0.15, 0.2) is 0 Å². The van der Waals surface area contributed by atoms with E-state index in [1.807, 2.05) is 0 Å². The minimum absolute atomic E-state index is 0.393. The molecule has 0 aliphatic rings. The Labute approximate surface area is 95.3 Å². The second kappa shape index (κ2) is 11.6. The third-order valence-electron chi connectivity index (χ3n) is 2.64. The zero-order valence-corrected chi connectivity index (χ0v) is 10.4. The van der Waals surface area contributed by atoms with Crippen molar-refractivity contribution in [3.8, 4) is 11.8 Å². The van der Waals surface area contributed by atoms with Crippen molar-refractivity contribution < 1.29 is 5.11 Å². The maximum atomic E-state index is 9.35. The molecule has 88 valence electrons. The fraction of sp³-hybridized carbons (Fsp3) is 0.857. The third kappa shape index (κ3) is 11.4. The molecule has 0 radical (unpaired) electrons. The highest BCUT2D eigenvalue weighted by Gasteiger charge is 1.98. The first kappa shape index (κ1) is 14.5. The van der Waals surface area contributed by atoms with Gasteiger partial charge in [0.2, 0.25) is 0 Å². The summed E-state index contributed by atoms with van der Waals surface area (Å²) in [4.78, 5) is 0. The molecule has 1 N–H and O–H groups in total. The van der Waals surface area contributed by atoms with Crippen LogP contribution in [0.1, 0.15) is 71.6 Å². The molecule has 0 heterocycles. The van der Waals surface area contributed by atoms with Gasteiger partial charge in [-0.2, -0.15) is 0 Å². The number of hydrogen-bond donors (Lipinski definition) is 1. The number of hydrogen-bond acceptors (Lipinski definition) is 1. The maximum absolute atomic E-state index is 9.35. The molecule has 15 heavy (non-hydrogen) atoms. The molecule has 1 heteroatoms. The summed E-state index contributed by atoms with van der Waals surface area (Å²) >= 11 is 0. The molecule has 0 saturated heterocycles. The van der Waals surface area contributed by atoms with E-state index in [-0.39, 0.29) is 0 Å². The highest BCUT2D eigenvalue weighted by Crippen LogP contribution is 2.10. The van der Waals surface area contributed by atoms with Crippen LogP contribution < -0.4 is 0 Å². The van der Waals surface area contributed by atoms with Crippen molar-refractivity contribution in [1.82, 2.24) is 0 Å². The first-order valence-electron chi connectivity index (χ1n) is 6.41. The molecule has 0 fully saturated rings. The van der Waals surface area contributed by atoms with Crippen LogP contribution in [0.4, 0.5) is 0 Å². The lowest BCUT2D eigenvalue weighted by molar-refractivity contribution is 0.217. The van der Waals surface area contributed by atoms with Crippen LogP contribution in [0.25, 0.3) is 0 Å². The van der Waals surface area contributed by atoms with Gasteiger partial charge < -0.3 is 5.11 Å². The Bertz CT molecular complexity index is 176. The van der Waals surface area contributed by atoms with Crippen molar-refractivity contribution in [2.24, 2.45) is 0 Å². The molecule has 0 spiro atoms. The monoisotopic (exact) mass is 210 g/mol. The standard InChI is InChI=1S/C14H26O/c1-3-5-6-7-8-9-10-11-13-14(15)12-4-2/h14-15H,3,5-11,13H2,1-2H3. The SMILES string of the molecule is CC#CC(O)CCCCCCCCCC. The molecular weight excluding hydrogens is 184 g/mol. The summed E-state index contributed by atoms with van der Waals surface area (Å²) in [5.74, 6) is 5.51. The van der Waals surface area contributed by atoms with Crippen LogP contribution in [0, 0.1) is 11.8 Å². The Hall–Kier alpha value is -0.480. The van der Waals surface area contributed by atoms with Crippen LogP contribution >= 0.6 is 0 Å². The summed E-state index contributed by atoms with van der Waals surface area (Å²) in [5, 5.41) is 9.35. The Balaban J connectivity index is 3.06. The van der Waals surface area contributed by atoms with Gasteiger partial charge in [0.05, 0.1) is 0 Å². The minimum atomic E-state index is -0.393. The van der Waals surface area contributed by atoms with Gasteiger partial charge in [-0.25, -0.2) is 0 Å². The molecule has 0 aromatic heterocycles. The number of unbranched alkanes of at least 4 members (excludes halogenated alkanes) is 7. The summed E-state index contributed by atoms with van der Waals surface area (Å²) in [6.07, 6.45) is 11.0. The van der Waals surface area contributed by atoms with E-state index >= 15 is 0 Å². The average molecular weight is 210 g/mol. The molecule has 1 nitrogen and oxygen atoms in total. The first-order chi connectivity index (χ1) is 7.31. The molecule has 1 atom stereocenters. The normalized spacial score (nSPS) is 11.9. The molecule has 0 rings (SSSR count). The Morgan fingerprint density at radius 2 is 1.47 bits per heavy atom. The molecule has 0 aromatic rings. The van der Waals surface area contributed by atoms with Crippen molar-refractivity contribution in [1.29, 1.82) is 0 Å². The average Bonchev–Trinajstić information content (AvgIpc) is 2.22. The van der Waals surface area contributed by atoms with Crippen molar-refractivity contribution in [3.05, 3.63) is 0 Å². The zero-order chi connectivity index (χ0) is 11.4. The zero-order valence-electron chi connectivity index (χ0n) is 10.4. The number of aliphatic hydroxyl groups is 1. The predicted octanol–water partition coefficient (Wildman–Crippen LogP) is 3.90. The van der Waals surface area contributed by atoms with Gasteiger partial charge >= 0.3 is 0 Å². The molecule has 1 unspecified atom stereocenters. The second-order valence-corrected chi connectivity index (χ2v) is 4.17. The Morgan fingerprint density at radius 3 is 2.00 bits per heavy atom. The number of aliphatic hydroxyl groups excluding tert-OH is 1. The smallest absolute Gasteiger partial charge is 0.114 e. The van der Waals surface area contributed by atoms with Crippen molar-refractivity contribution in [2.75, 3.05) is 0 Å². The van der Waals surface area contributed by atoms with Crippen LogP contribution in [0.5, 0.6) is 0 Å². The Kier molecular flexibility index (Phi) is 11.2. The molecule has 0 bridgehead atoms. The summed E-state index contributed by atoms with van der Waals surface area (Å²) in [6.45, 7) is 4.02. The van der Waals surface area contributed by atoms with Gasteiger partial charge in [0.15, 0.2) is 0 Å². The van der Waals surface area contributed by atoms with E-state index in [4.69, 9.17) is 0 Å². The van der Waals surface area contributed by atoms with Crippen LogP contribution in [-0.4, -0.2) is 11.2 Å². The van der Waals surface area contributed by atoms with Crippen LogP contribution in [0.3, 0.4) is 0 Å². The number of rotatable bonds is 9. The van der Waals surface area contributed by atoms with Gasteiger partial charge in [0.25, 0.3) is 0 Å². The fourth-order valence-corrected chi connectivity index (χ4v) is 1.71. The quantitative estimate of drug-likeness (QED) is 0.452. The lowest BCUT2D eigenvalue weighted by atomic mass is 10.1. The topological polar surface area (TPSA) is 20.2 Å². The molecule has 0 saturated carbocycles. The van der Waals surface area contributed by atoms with E-state index in [1.54, 1.807) is 6.92 Å². The van der Waals surface area contributed by atoms with Crippen molar-refractivity contribution in [2.45, 2.75) is 77.7 Å². The second-order valence-electron chi connectivity index (χ2n) is 4.17. The summed E-state index contributed by atoms with van der Waals surface area (Å²) in [6, 6.07) is 0. The van der Waals surface area contributed by atoms with Gasteiger partial charge in [-0.3, -0.25) is 0 Å². The Morgan fingerprint density at radius 1 is 0.933 bits per heavy atom. The molecule has 0 aromatic carbocycles. The lowest BCUT2D eigenvalue weighted by Gasteiger charge is -2.03. The van der Waals surface area contributed by atoms with Gasteiger partial charge in [-0.05, 0) is 19.8 Å². The van der Waals surface area contributed by atoms with E-state index in [1.165, 1.54) is 44.9 Å². The van der Waals surface area contributed by atoms with E-state index in [0.717, 1.165) is 12.8 Å². The van der Waals surface area contributed by atoms with Crippen molar-refractivity contribution in [3.63, 3.8) is 0 Å². The van der Waals surface area contributed by atoms with Crippen molar-refractivity contribution >= 4 is 0 Å². The van der Waals surface area contributed by atoms with Crippen LogP contribution in [-0.2, 0) is 0 Å². The molecule has 0 amide bonds. The molecule has 0 aliphatic carbocycles. The minimum Gasteiger partial charge on any atom is -0.380 e. The highest BCUT2D eigenvalue weighted by atomic mass is 16.3. The summed E-state index contributed by atoms with van der Waals surface area (Å²) in [5.41, 5.74) is 0. The summed E-state index contributed by atoms with van der Waals surface area (Å²) < 4.78 is 0. The van der Waals surface area contributed by atoms with E-state index in [0.29, 0.717) is 0 Å². The third-order valence-corrected chi connectivity index (χ3v) is 2.64. The van der Waals surface area contributed by atoms with Gasteiger partial charge in [0, 0.05) is 0 Å².